The molecule has 124 valence electrons. The maximum Gasteiger partial charge on any atom is 0.191 e. The van der Waals surface area contributed by atoms with E-state index < -0.39 is 0 Å². The number of hydrogen-bond donors (Lipinski definition) is 2. The molecule has 0 aliphatic heterocycles. The predicted molar refractivity (Wildman–Crippen MR) is 93.6 cm³/mol. The van der Waals surface area contributed by atoms with E-state index in [4.69, 9.17) is 4.74 Å². The summed E-state index contributed by atoms with van der Waals surface area (Å²) < 4.78 is 5.24. The van der Waals surface area contributed by atoms with E-state index in [0.29, 0.717) is 6.54 Å². The van der Waals surface area contributed by atoms with Crippen molar-refractivity contribution in [2.24, 2.45) is 4.99 Å². The summed E-state index contributed by atoms with van der Waals surface area (Å²) in [5, 5.41) is 6.66. The summed E-state index contributed by atoms with van der Waals surface area (Å²) in [5.41, 5.74) is 1.14. The first-order valence-electron chi connectivity index (χ1n) is 8.10. The summed E-state index contributed by atoms with van der Waals surface area (Å²) in [7, 11) is 1.68. The number of nitrogens with zero attached hydrogens (tertiary/aromatic N) is 2. The standard InChI is InChI=1S/C17H30N4O/c1-5-18-17(19-11-12-21(6-2)7-3)20-14-15-9-8-10-16(13-15)22-4/h8-10,13H,5-7,11-12,14H2,1-4H3,(H2,18,19,20). The molecule has 0 atom stereocenters. The largest absolute Gasteiger partial charge is 0.497 e. The fourth-order valence-electron chi connectivity index (χ4n) is 2.16. The quantitative estimate of drug-likeness (QED) is 0.542. The Hall–Kier alpha value is -1.75. The van der Waals surface area contributed by atoms with Gasteiger partial charge in [0.15, 0.2) is 5.96 Å². The van der Waals surface area contributed by atoms with Crippen LogP contribution in [-0.4, -0.2) is 50.7 Å². The van der Waals surface area contributed by atoms with Crippen LogP contribution in [0, 0.1) is 0 Å². The van der Waals surface area contributed by atoms with Gasteiger partial charge in [0.2, 0.25) is 0 Å². The predicted octanol–water partition coefficient (Wildman–Crippen LogP) is 2.09. The molecule has 0 bridgehead atoms. The zero-order valence-corrected chi connectivity index (χ0v) is 14.4. The highest BCUT2D eigenvalue weighted by Gasteiger charge is 2.01. The van der Waals surface area contributed by atoms with E-state index in [0.717, 1.165) is 50.0 Å². The maximum atomic E-state index is 5.24. The van der Waals surface area contributed by atoms with Gasteiger partial charge in [0.05, 0.1) is 13.7 Å². The Labute approximate surface area is 134 Å². The number of aliphatic imine (C=N–C) groups is 1. The van der Waals surface area contributed by atoms with Crippen LogP contribution in [0.25, 0.3) is 0 Å². The van der Waals surface area contributed by atoms with E-state index in [1.165, 1.54) is 0 Å². The van der Waals surface area contributed by atoms with Gasteiger partial charge in [0.1, 0.15) is 5.75 Å². The Morgan fingerprint density at radius 2 is 1.95 bits per heavy atom. The van der Waals surface area contributed by atoms with Crippen LogP contribution in [0.5, 0.6) is 5.75 Å². The SMILES string of the molecule is CCNC(=NCc1cccc(OC)c1)NCCN(CC)CC. The zero-order valence-electron chi connectivity index (χ0n) is 14.4. The van der Waals surface area contributed by atoms with E-state index in [-0.39, 0.29) is 0 Å². The number of guanidine groups is 1. The molecule has 0 saturated carbocycles. The molecule has 0 amide bonds. The molecule has 0 radical (unpaired) electrons. The Balaban J connectivity index is 2.53. The lowest BCUT2D eigenvalue weighted by atomic mass is 10.2. The van der Waals surface area contributed by atoms with Gasteiger partial charge >= 0.3 is 0 Å². The molecular weight excluding hydrogens is 276 g/mol. The fourth-order valence-corrected chi connectivity index (χ4v) is 2.16. The average Bonchev–Trinajstić information content (AvgIpc) is 2.56. The molecule has 0 spiro atoms. The monoisotopic (exact) mass is 306 g/mol. The van der Waals surface area contributed by atoms with Crippen LogP contribution >= 0.6 is 0 Å². The van der Waals surface area contributed by atoms with Crippen molar-refractivity contribution >= 4 is 5.96 Å². The lowest BCUT2D eigenvalue weighted by molar-refractivity contribution is 0.308. The summed E-state index contributed by atoms with van der Waals surface area (Å²) in [6, 6.07) is 8.01. The normalized spacial score (nSPS) is 11.6. The van der Waals surface area contributed by atoms with Crippen molar-refractivity contribution < 1.29 is 4.74 Å². The van der Waals surface area contributed by atoms with E-state index >= 15 is 0 Å². The Morgan fingerprint density at radius 3 is 2.59 bits per heavy atom. The van der Waals surface area contributed by atoms with Crippen molar-refractivity contribution in [3.05, 3.63) is 29.8 Å². The molecule has 2 N–H and O–H groups in total. The van der Waals surface area contributed by atoms with Crippen molar-refractivity contribution in [2.45, 2.75) is 27.3 Å². The summed E-state index contributed by atoms with van der Waals surface area (Å²) in [6.45, 7) is 12.0. The number of nitrogens with one attached hydrogen (secondary N) is 2. The molecule has 0 unspecified atom stereocenters. The van der Waals surface area contributed by atoms with Crippen molar-refractivity contribution in [2.75, 3.05) is 39.8 Å². The van der Waals surface area contributed by atoms with Crippen LogP contribution in [0.15, 0.2) is 29.3 Å². The van der Waals surface area contributed by atoms with E-state index in [1.54, 1.807) is 7.11 Å². The highest BCUT2D eigenvalue weighted by Crippen LogP contribution is 2.12. The van der Waals surface area contributed by atoms with Gasteiger partial charge < -0.3 is 20.3 Å². The third-order valence-electron chi connectivity index (χ3n) is 3.51. The second kappa shape index (κ2) is 10.9. The number of ether oxygens (including phenoxy) is 1. The van der Waals surface area contributed by atoms with Crippen molar-refractivity contribution in [1.29, 1.82) is 0 Å². The molecule has 0 aromatic heterocycles. The lowest BCUT2D eigenvalue weighted by Gasteiger charge is -2.19. The van der Waals surface area contributed by atoms with Gasteiger partial charge in [-0.25, -0.2) is 4.99 Å². The van der Waals surface area contributed by atoms with E-state index in [2.05, 4.69) is 47.4 Å². The Kier molecular flexibility index (Phi) is 9.07. The van der Waals surface area contributed by atoms with Crippen LogP contribution < -0.4 is 15.4 Å². The van der Waals surface area contributed by atoms with Gasteiger partial charge in [-0.3, -0.25) is 0 Å². The molecule has 1 aromatic rings. The van der Waals surface area contributed by atoms with Crippen molar-refractivity contribution in [1.82, 2.24) is 15.5 Å². The van der Waals surface area contributed by atoms with Crippen LogP contribution in [0.2, 0.25) is 0 Å². The minimum atomic E-state index is 0.637. The summed E-state index contributed by atoms with van der Waals surface area (Å²) >= 11 is 0. The molecule has 0 aliphatic rings. The number of hydrogen-bond acceptors (Lipinski definition) is 3. The highest BCUT2D eigenvalue weighted by atomic mass is 16.5. The van der Waals surface area contributed by atoms with Gasteiger partial charge in [0, 0.05) is 19.6 Å². The van der Waals surface area contributed by atoms with E-state index in [1.807, 2.05) is 18.2 Å². The van der Waals surface area contributed by atoms with Crippen LogP contribution in [-0.2, 0) is 6.54 Å². The van der Waals surface area contributed by atoms with E-state index in [9.17, 15) is 0 Å². The third-order valence-corrected chi connectivity index (χ3v) is 3.51. The van der Waals surface area contributed by atoms with Gasteiger partial charge in [0.25, 0.3) is 0 Å². The average molecular weight is 306 g/mol. The molecular formula is C17H30N4O. The second-order valence-corrected chi connectivity index (χ2v) is 5.00. The maximum absolute atomic E-state index is 5.24. The van der Waals surface area contributed by atoms with Crippen LogP contribution in [0.4, 0.5) is 0 Å². The second-order valence-electron chi connectivity index (χ2n) is 5.00. The Bertz CT molecular complexity index is 444. The van der Waals surface area contributed by atoms with Crippen molar-refractivity contribution in [3.63, 3.8) is 0 Å². The molecule has 22 heavy (non-hydrogen) atoms. The lowest BCUT2D eigenvalue weighted by Crippen LogP contribution is -2.41. The summed E-state index contributed by atoms with van der Waals surface area (Å²) in [6.07, 6.45) is 0. The minimum absolute atomic E-state index is 0.637. The molecule has 1 rings (SSSR count). The minimum Gasteiger partial charge on any atom is -0.497 e. The first-order chi connectivity index (χ1) is 10.7. The summed E-state index contributed by atoms with van der Waals surface area (Å²) in [4.78, 5) is 7.02. The molecule has 5 heteroatoms. The molecule has 0 saturated heterocycles. The number of likely N-dealkylation sites (N-methyl/N-ethyl adjacent to an activating group) is 1. The zero-order chi connectivity index (χ0) is 16.2. The van der Waals surface area contributed by atoms with Gasteiger partial charge in [-0.2, -0.15) is 0 Å². The van der Waals surface area contributed by atoms with Crippen LogP contribution in [0.1, 0.15) is 26.3 Å². The molecule has 5 nitrogen and oxygen atoms in total. The summed E-state index contributed by atoms with van der Waals surface area (Å²) in [5.74, 6) is 1.73. The smallest absolute Gasteiger partial charge is 0.191 e. The highest BCUT2D eigenvalue weighted by molar-refractivity contribution is 5.79. The number of methoxy groups -OCH3 is 1. The van der Waals surface area contributed by atoms with Gasteiger partial charge in [-0.15, -0.1) is 0 Å². The molecule has 1 aromatic carbocycles. The Morgan fingerprint density at radius 1 is 1.18 bits per heavy atom. The topological polar surface area (TPSA) is 48.9 Å². The van der Waals surface area contributed by atoms with Gasteiger partial charge in [-0.1, -0.05) is 26.0 Å². The number of rotatable bonds is 9. The van der Waals surface area contributed by atoms with Crippen molar-refractivity contribution in [3.8, 4) is 5.75 Å². The first kappa shape index (κ1) is 18.3. The first-order valence-corrected chi connectivity index (χ1v) is 8.10. The third kappa shape index (κ3) is 6.80. The van der Waals surface area contributed by atoms with Gasteiger partial charge in [-0.05, 0) is 37.7 Å². The molecule has 0 heterocycles. The number of benzene rings is 1. The fraction of sp³-hybridized carbons (Fsp3) is 0.588. The van der Waals surface area contributed by atoms with Crippen LogP contribution in [0.3, 0.4) is 0 Å². The molecule has 0 aliphatic carbocycles. The molecule has 0 fully saturated rings.